The van der Waals surface area contributed by atoms with Crippen LogP contribution in [0.3, 0.4) is 0 Å². The molecule has 3 aliphatic rings. The van der Waals surface area contributed by atoms with Crippen LogP contribution in [0.4, 0.5) is 21.9 Å². The Kier molecular flexibility index (Phi) is 8.53. The van der Waals surface area contributed by atoms with Crippen LogP contribution in [0.15, 0.2) is 34.2 Å². The van der Waals surface area contributed by atoms with Gasteiger partial charge in [-0.3, -0.25) is 0 Å². The molecule has 3 heterocycles. The molecular weight excluding hydrogens is 619 g/mol. The summed E-state index contributed by atoms with van der Waals surface area (Å²) in [4.78, 5) is 26.3. The molecule has 1 amide bonds. The van der Waals surface area contributed by atoms with E-state index >= 15 is 0 Å². The molecule has 0 N–H and O–H groups in total. The van der Waals surface area contributed by atoms with Crippen molar-refractivity contribution in [3.63, 3.8) is 0 Å². The van der Waals surface area contributed by atoms with E-state index in [9.17, 15) is 4.79 Å². The number of halogens is 1. The lowest BCUT2D eigenvalue weighted by Gasteiger charge is -2.28. The highest BCUT2D eigenvalue weighted by atomic mass is 127. The molecule has 2 unspecified atom stereocenters. The normalized spacial score (nSPS) is 21.3. The molecule has 0 aliphatic carbocycles. The molecule has 0 radical (unpaired) electrons. The standard InChI is InChI=1S/C31H43IN4O2S/c1-7-22-17-24(34-12-10-13-35(16-15-34)30(37)38-31(4,5)6)19-26-28(22)33-29-23(8-2)18-25(20-27(29)39(26)32)36-14-9-11-21(36)3/h17-21H,7-16H2,1-6H3. The van der Waals surface area contributed by atoms with Gasteiger partial charge in [-0.05, 0) is 116 Å². The Morgan fingerprint density at radius 3 is 2.41 bits per heavy atom. The third-order valence-electron chi connectivity index (χ3n) is 8.05. The predicted molar refractivity (Wildman–Crippen MR) is 172 cm³/mol. The number of hydrogen-bond donors (Lipinski definition) is 0. The quantitative estimate of drug-likeness (QED) is 0.252. The number of carbonyl (C=O) groups is 1. The van der Waals surface area contributed by atoms with Crippen LogP contribution in [-0.4, -0.2) is 55.4 Å². The Morgan fingerprint density at radius 1 is 1.00 bits per heavy atom. The second-order valence-electron chi connectivity index (χ2n) is 12.0. The van der Waals surface area contributed by atoms with Crippen LogP contribution < -0.4 is 15.2 Å². The summed E-state index contributed by atoms with van der Waals surface area (Å²) in [5.41, 5.74) is 6.00. The van der Waals surface area contributed by atoms with Crippen molar-refractivity contribution in [2.45, 2.75) is 90.2 Å². The second-order valence-corrected chi connectivity index (χ2v) is 16.0. The summed E-state index contributed by atoms with van der Waals surface area (Å²) in [6.45, 7) is 16.9. The molecule has 2 aromatic carbocycles. The van der Waals surface area contributed by atoms with E-state index in [0.717, 1.165) is 45.4 Å². The van der Waals surface area contributed by atoms with Gasteiger partial charge in [0.25, 0.3) is 0 Å². The van der Waals surface area contributed by atoms with Gasteiger partial charge in [0.1, 0.15) is 5.60 Å². The zero-order valence-corrected chi connectivity index (χ0v) is 27.3. The Labute approximate surface area is 248 Å². The second kappa shape index (κ2) is 11.6. The van der Waals surface area contributed by atoms with E-state index in [4.69, 9.17) is 9.73 Å². The van der Waals surface area contributed by atoms with Crippen molar-refractivity contribution < 1.29 is 9.53 Å². The number of amides is 1. The van der Waals surface area contributed by atoms with Gasteiger partial charge < -0.3 is 19.4 Å². The highest BCUT2D eigenvalue weighted by Gasteiger charge is 2.27. The number of carbonyl (C=O) groups excluding carboxylic acids is 1. The van der Waals surface area contributed by atoms with Gasteiger partial charge in [-0.15, -0.1) is 0 Å². The van der Waals surface area contributed by atoms with E-state index in [1.54, 1.807) is 0 Å². The van der Waals surface area contributed by atoms with Crippen molar-refractivity contribution in [3.8, 4) is 0 Å². The number of hydrogen-bond acceptors (Lipinski definition) is 5. The minimum absolute atomic E-state index is 0.0919. The highest BCUT2D eigenvalue weighted by molar-refractivity contribution is 14.2. The van der Waals surface area contributed by atoms with Crippen molar-refractivity contribution in [1.82, 2.24) is 4.90 Å². The van der Waals surface area contributed by atoms with Crippen molar-refractivity contribution in [2.24, 2.45) is 4.99 Å². The third kappa shape index (κ3) is 5.97. The van der Waals surface area contributed by atoms with Crippen LogP contribution >= 0.6 is 28.9 Å². The summed E-state index contributed by atoms with van der Waals surface area (Å²) in [6, 6.07) is 10.2. The van der Waals surface area contributed by atoms with Gasteiger partial charge in [0.2, 0.25) is 0 Å². The van der Waals surface area contributed by atoms with Crippen LogP contribution in [0.1, 0.15) is 71.9 Å². The van der Waals surface area contributed by atoms with Gasteiger partial charge >= 0.3 is 6.09 Å². The van der Waals surface area contributed by atoms with Gasteiger partial charge in [0, 0.05) is 59.5 Å². The SMILES string of the molecule is CCc1cc(N2CCCN(C(=O)OC(C)(C)C)CC2)cc2c1N=c1c(CC)cc(N3CCCC3C)cc1=S2I. The molecule has 2 fully saturated rings. The van der Waals surface area contributed by atoms with Gasteiger partial charge in [0.05, 0.1) is 11.0 Å². The predicted octanol–water partition coefficient (Wildman–Crippen LogP) is 7.44. The van der Waals surface area contributed by atoms with E-state index in [1.807, 2.05) is 25.7 Å². The molecule has 3 aliphatic heterocycles. The fourth-order valence-electron chi connectivity index (χ4n) is 5.95. The summed E-state index contributed by atoms with van der Waals surface area (Å²) in [6.07, 6.45) is 5.21. The molecule has 6 nitrogen and oxygen atoms in total. The number of rotatable bonds is 4. The molecule has 39 heavy (non-hydrogen) atoms. The molecule has 2 aromatic rings. The number of benzene rings is 2. The summed E-state index contributed by atoms with van der Waals surface area (Å²) in [5, 5.41) is 1.20. The molecule has 5 rings (SSSR count). The van der Waals surface area contributed by atoms with E-state index < -0.39 is 5.60 Å². The molecule has 0 bridgehead atoms. The maximum Gasteiger partial charge on any atom is 0.410 e. The lowest BCUT2D eigenvalue weighted by atomic mass is 10.1. The van der Waals surface area contributed by atoms with Crippen LogP contribution in [0.2, 0.25) is 0 Å². The molecule has 0 spiro atoms. The minimum Gasteiger partial charge on any atom is -0.444 e. The fraction of sp³-hybridized carbons (Fsp3) is 0.581. The first-order valence-corrected chi connectivity index (χ1v) is 18.3. The van der Waals surface area contributed by atoms with Gasteiger partial charge in [-0.25, -0.2) is 9.79 Å². The van der Waals surface area contributed by atoms with E-state index in [1.165, 1.54) is 55.8 Å². The zero-order valence-electron chi connectivity index (χ0n) is 24.3. The van der Waals surface area contributed by atoms with E-state index in [2.05, 4.69) is 76.0 Å². The van der Waals surface area contributed by atoms with Crippen molar-refractivity contribution in [1.29, 1.82) is 0 Å². The molecule has 2 saturated heterocycles. The number of fused-ring (bicyclic) bond motifs is 2. The summed E-state index contributed by atoms with van der Waals surface area (Å²) >= 11 is 2.67. The maximum absolute atomic E-state index is 12.7. The summed E-state index contributed by atoms with van der Waals surface area (Å²) in [7, 11) is -0.0919. The Hall–Kier alpha value is -1.81. The largest absolute Gasteiger partial charge is 0.444 e. The Bertz CT molecular complexity index is 1390. The first-order chi connectivity index (χ1) is 18.6. The van der Waals surface area contributed by atoms with Crippen LogP contribution in [0.25, 0.3) is 0 Å². The Morgan fingerprint density at radius 2 is 1.74 bits per heavy atom. The number of ether oxygens (including phenoxy) is 1. The minimum atomic E-state index is -0.474. The van der Waals surface area contributed by atoms with Crippen LogP contribution in [0, 0.1) is 4.51 Å². The topological polar surface area (TPSA) is 48.4 Å². The van der Waals surface area contributed by atoms with Crippen LogP contribution in [0.5, 0.6) is 0 Å². The van der Waals surface area contributed by atoms with Crippen LogP contribution in [-0.2, 0) is 17.6 Å². The summed E-state index contributed by atoms with van der Waals surface area (Å²) < 4.78 is 7.03. The fourth-order valence-corrected chi connectivity index (χ4v) is 9.34. The summed E-state index contributed by atoms with van der Waals surface area (Å²) in [5.74, 6) is 0. The van der Waals surface area contributed by atoms with Gasteiger partial charge in [-0.2, -0.15) is 0 Å². The van der Waals surface area contributed by atoms with E-state index in [-0.39, 0.29) is 13.7 Å². The number of nitrogens with zero attached hydrogens (tertiary/aromatic N) is 4. The molecule has 0 saturated carbocycles. The van der Waals surface area contributed by atoms with Gasteiger partial charge in [0.15, 0.2) is 0 Å². The lowest BCUT2D eigenvalue weighted by Crippen LogP contribution is -2.39. The molecule has 8 heteroatoms. The molecule has 212 valence electrons. The van der Waals surface area contributed by atoms with Crippen molar-refractivity contribution in [3.05, 3.63) is 45.3 Å². The first-order valence-electron chi connectivity index (χ1n) is 14.5. The Balaban J connectivity index is 1.51. The molecule has 2 atom stereocenters. The van der Waals surface area contributed by atoms with E-state index in [0.29, 0.717) is 12.6 Å². The number of anilines is 2. The average Bonchev–Trinajstić information content (AvgIpc) is 3.17. The molecular formula is C31H43IN4O2S. The maximum atomic E-state index is 12.7. The number of aryl methyl sites for hydroxylation is 2. The first kappa shape index (κ1) is 28.7. The average molecular weight is 663 g/mol. The smallest absolute Gasteiger partial charge is 0.410 e. The highest BCUT2D eigenvalue weighted by Crippen LogP contribution is 2.48. The zero-order chi connectivity index (χ0) is 27.9. The molecule has 0 aromatic heterocycles. The monoisotopic (exact) mass is 662 g/mol. The lowest BCUT2D eigenvalue weighted by molar-refractivity contribution is 0.0263. The van der Waals surface area contributed by atoms with Crippen molar-refractivity contribution >= 4 is 52.0 Å². The van der Waals surface area contributed by atoms with Crippen molar-refractivity contribution in [2.75, 3.05) is 42.5 Å². The third-order valence-corrected chi connectivity index (χ3v) is 12.3. The van der Waals surface area contributed by atoms with Gasteiger partial charge in [-0.1, -0.05) is 21.5 Å².